The van der Waals surface area contributed by atoms with E-state index in [0.717, 1.165) is 34.3 Å². The number of nitrogens with one attached hydrogen (secondary N) is 1. The molecule has 7 nitrogen and oxygen atoms in total. The standard InChI is InChI=1S/C24H25N5O2S2/c1-16-7-5-10-18(13-16)29-22(20-11-6-12-31-20)27-28-24(29)33-15-21-26-19(14-32-21)23(30)25-17-8-3-2-4-9-17/h5-7,10-14,17H,2-4,8-9,15H2,1H3,(H,25,30). The van der Waals surface area contributed by atoms with Gasteiger partial charge in [0.2, 0.25) is 5.82 Å². The molecule has 1 amide bonds. The molecule has 5 rings (SSSR count). The minimum absolute atomic E-state index is 0.0718. The van der Waals surface area contributed by atoms with Gasteiger partial charge in [-0.15, -0.1) is 21.5 Å². The van der Waals surface area contributed by atoms with Crippen LogP contribution in [0.4, 0.5) is 0 Å². The summed E-state index contributed by atoms with van der Waals surface area (Å²) in [6.07, 6.45) is 7.39. The first kappa shape index (κ1) is 21.9. The second kappa shape index (κ2) is 9.93. The van der Waals surface area contributed by atoms with Crippen molar-refractivity contribution in [3.8, 4) is 17.3 Å². The predicted molar refractivity (Wildman–Crippen MR) is 130 cm³/mol. The predicted octanol–water partition coefficient (Wildman–Crippen LogP) is 5.65. The number of thioether (sulfide) groups is 1. The highest BCUT2D eigenvalue weighted by Gasteiger charge is 2.20. The summed E-state index contributed by atoms with van der Waals surface area (Å²) in [5, 5.41) is 15.4. The van der Waals surface area contributed by atoms with Crippen molar-refractivity contribution in [3.05, 3.63) is 64.3 Å². The molecule has 1 aromatic carbocycles. The van der Waals surface area contributed by atoms with E-state index in [1.54, 1.807) is 18.0 Å². The van der Waals surface area contributed by atoms with Crippen LogP contribution in [-0.4, -0.2) is 31.7 Å². The fourth-order valence-electron chi connectivity index (χ4n) is 4.04. The van der Waals surface area contributed by atoms with Crippen molar-refractivity contribution in [2.75, 3.05) is 0 Å². The summed E-state index contributed by atoms with van der Waals surface area (Å²) in [4.78, 5) is 17.2. The Morgan fingerprint density at radius 3 is 2.88 bits per heavy atom. The summed E-state index contributed by atoms with van der Waals surface area (Å²) in [7, 11) is 0. The van der Waals surface area contributed by atoms with Gasteiger partial charge in [0.15, 0.2) is 10.9 Å². The molecule has 1 N–H and O–H groups in total. The van der Waals surface area contributed by atoms with Crippen molar-refractivity contribution in [2.45, 2.75) is 56.0 Å². The Hall–Kier alpha value is -2.91. The molecular weight excluding hydrogens is 454 g/mol. The maximum absolute atomic E-state index is 12.6. The summed E-state index contributed by atoms with van der Waals surface area (Å²) in [5.74, 6) is 1.84. The quantitative estimate of drug-likeness (QED) is 0.345. The van der Waals surface area contributed by atoms with E-state index in [0.29, 0.717) is 23.0 Å². The lowest BCUT2D eigenvalue weighted by Crippen LogP contribution is -2.36. The zero-order valence-electron chi connectivity index (χ0n) is 18.4. The molecule has 4 aromatic rings. The first-order valence-corrected chi connectivity index (χ1v) is 13.0. The molecule has 0 radical (unpaired) electrons. The number of thiazole rings is 1. The largest absolute Gasteiger partial charge is 0.461 e. The van der Waals surface area contributed by atoms with Gasteiger partial charge in [-0.2, -0.15) is 0 Å². The third kappa shape index (κ3) is 5.04. The molecule has 0 aliphatic heterocycles. The van der Waals surface area contributed by atoms with Crippen LogP contribution in [0.25, 0.3) is 17.3 Å². The number of hydrogen-bond donors (Lipinski definition) is 1. The van der Waals surface area contributed by atoms with E-state index in [9.17, 15) is 4.79 Å². The summed E-state index contributed by atoms with van der Waals surface area (Å²) in [5.41, 5.74) is 2.62. The molecule has 0 bridgehead atoms. The summed E-state index contributed by atoms with van der Waals surface area (Å²) < 4.78 is 7.59. The fraction of sp³-hybridized carbons (Fsp3) is 0.333. The molecule has 1 fully saturated rings. The number of nitrogens with zero attached hydrogens (tertiary/aromatic N) is 4. The van der Waals surface area contributed by atoms with E-state index in [1.807, 2.05) is 34.2 Å². The van der Waals surface area contributed by atoms with Crippen molar-refractivity contribution in [1.82, 2.24) is 25.1 Å². The van der Waals surface area contributed by atoms with Gasteiger partial charge in [0.25, 0.3) is 5.91 Å². The van der Waals surface area contributed by atoms with Crippen molar-refractivity contribution < 1.29 is 9.21 Å². The number of benzene rings is 1. The number of amides is 1. The van der Waals surface area contributed by atoms with E-state index in [4.69, 9.17) is 4.42 Å². The van der Waals surface area contributed by atoms with Crippen molar-refractivity contribution >= 4 is 29.0 Å². The summed E-state index contributed by atoms with van der Waals surface area (Å²) in [6.45, 7) is 2.06. The van der Waals surface area contributed by atoms with E-state index in [1.165, 1.54) is 30.6 Å². The van der Waals surface area contributed by atoms with E-state index in [-0.39, 0.29) is 11.9 Å². The lowest BCUT2D eigenvalue weighted by Gasteiger charge is -2.22. The molecule has 3 heterocycles. The van der Waals surface area contributed by atoms with Gasteiger partial charge in [-0.05, 0) is 49.6 Å². The van der Waals surface area contributed by atoms with Gasteiger partial charge in [0.1, 0.15) is 10.7 Å². The van der Waals surface area contributed by atoms with Gasteiger partial charge in [-0.25, -0.2) is 4.98 Å². The molecule has 3 aromatic heterocycles. The molecule has 33 heavy (non-hydrogen) atoms. The second-order valence-corrected chi connectivity index (χ2v) is 10.1. The van der Waals surface area contributed by atoms with Crippen LogP contribution < -0.4 is 5.32 Å². The van der Waals surface area contributed by atoms with E-state index >= 15 is 0 Å². The van der Waals surface area contributed by atoms with E-state index in [2.05, 4.69) is 39.6 Å². The van der Waals surface area contributed by atoms with Crippen molar-refractivity contribution in [2.24, 2.45) is 0 Å². The highest BCUT2D eigenvalue weighted by atomic mass is 32.2. The summed E-state index contributed by atoms with van der Waals surface area (Å²) >= 11 is 3.04. The number of aromatic nitrogens is 4. The molecule has 0 atom stereocenters. The lowest BCUT2D eigenvalue weighted by atomic mass is 9.95. The van der Waals surface area contributed by atoms with Gasteiger partial charge >= 0.3 is 0 Å². The number of carbonyl (C=O) groups excluding carboxylic acids is 1. The average molecular weight is 480 g/mol. The number of rotatable bonds is 7. The topological polar surface area (TPSA) is 85.8 Å². The number of aryl methyl sites for hydroxylation is 1. The molecule has 1 aliphatic rings. The lowest BCUT2D eigenvalue weighted by molar-refractivity contribution is 0.0923. The first-order chi connectivity index (χ1) is 16.2. The number of furan rings is 1. The first-order valence-electron chi connectivity index (χ1n) is 11.1. The Balaban J connectivity index is 1.33. The van der Waals surface area contributed by atoms with Crippen LogP contribution in [0.3, 0.4) is 0 Å². The van der Waals surface area contributed by atoms with E-state index < -0.39 is 0 Å². The molecule has 170 valence electrons. The Morgan fingerprint density at radius 2 is 2.09 bits per heavy atom. The third-order valence-corrected chi connectivity index (χ3v) is 7.66. The normalized spacial score (nSPS) is 14.5. The van der Waals surface area contributed by atoms with Crippen molar-refractivity contribution in [1.29, 1.82) is 0 Å². The third-order valence-electron chi connectivity index (χ3n) is 5.68. The monoisotopic (exact) mass is 479 g/mol. The smallest absolute Gasteiger partial charge is 0.270 e. The highest BCUT2D eigenvalue weighted by Crippen LogP contribution is 2.31. The SMILES string of the molecule is Cc1cccc(-n2c(SCc3nc(C(=O)NC4CCCCC4)cs3)nnc2-c2ccco2)c1. The maximum Gasteiger partial charge on any atom is 0.270 e. The van der Waals surface area contributed by atoms with Crippen LogP contribution >= 0.6 is 23.1 Å². The van der Waals surface area contributed by atoms with Crippen molar-refractivity contribution in [3.63, 3.8) is 0 Å². The van der Waals surface area contributed by atoms with Crippen LogP contribution in [0, 0.1) is 6.92 Å². The van der Waals surface area contributed by atoms with Crippen LogP contribution in [-0.2, 0) is 5.75 Å². The zero-order chi connectivity index (χ0) is 22.6. The van der Waals surface area contributed by atoms with Crippen LogP contribution in [0.15, 0.2) is 57.6 Å². The molecule has 0 saturated heterocycles. The van der Waals surface area contributed by atoms with Gasteiger partial charge in [-0.1, -0.05) is 43.2 Å². The summed E-state index contributed by atoms with van der Waals surface area (Å²) in [6, 6.07) is 12.2. The Kier molecular flexibility index (Phi) is 6.59. The zero-order valence-corrected chi connectivity index (χ0v) is 20.0. The van der Waals surface area contributed by atoms with Crippen LogP contribution in [0.5, 0.6) is 0 Å². The van der Waals surface area contributed by atoms with Gasteiger partial charge in [-0.3, -0.25) is 9.36 Å². The number of hydrogen-bond acceptors (Lipinski definition) is 7. The molecule has 0 unspecified atom stereocenters. The molecule has 1 saturated carbocycles. The molecule has 1 aliphatic carbocycles. The minimum Gasteiger partial charge on any atom is -0.461 e. The van der Waals surface area contributed by atoms with Crippen LogP contribution in [0.1, 0.15) is 53.2 Å². The molecular formula is C24H25N5O2S2. The number of carbonyl (C=O) groups is 1. The molecule has 9 heteroatoms. The Morgan fingerprint density at radius 1 is 1.21 bits per heavy atom. The van der Waals surface area contributed by atoms with Gasteiger partial charge < -0.3 is 9.73 Å². The van der Waals surface area contributed by atoms with Gasteiger partial charge in [0, 0.05) is 11.4 Å². The Bertz CT molecular complexity index is 1230. The maximum atomic E-state index is 12.6. The van der Waals surface area contributed by atoms with Crippen LogP contribution in [0.2, 0.25) is 0 Å². The fourth-order valence-corrected chi connectivity index (χ4v) is 5.79. The second-order valence-electron chi connectivity index (χ2n) is 8.18. The molecule has 0 spiro atoms. The van der Waals surface area contributed by atoms with Gasteiger partial charge in [0.05, 0.1) is 17.7 Å². The minimum atomic E-state index is -0.0718. The highest BCUT2D eigenvalue weighted by molar-refractivity contribution is 7.98. The average Bonchev–Trinajstić information content (AvgIpc) is 3.59. The Labute approximate surface area is 200 Å².